The van der Waals surface area contributed by atoms with E-state index in [4.69, 9.17) is 25.2 Å². The van der Waals surface area contributed by atoms with Crippen LogP contribution in [0.3, 0.4) is 0 Å². The van der Waals surface area contributed by atoms with Crippen LogP contribution >= 0.6 is 11.6 Å². The van der Waals surface area contributed by atoms with E-state index in [2.05, 4.69) is 25.3 Å². The summed E-state index contributed by atoms with van der Waals surface area (Å²) >= 11 is 5.82. The minimum Gasteiger partial charge on any atom is -0.481 e. The number of halogens is 2. The highest BCUT2D eigenvalue weighted by Crippen LogP contribution is 2.40. The Labute approximate surface area is 194 Å². The summed E-state index contributed by atoms with van der Waals surface area (Å²) < 4.78 is 48.6. The molecule has 10 heteroatoms. The van der Waals surface area contributed by atoms with E-state index in [1.165, 1.54) is 12.1 Å². The molecule has 1 N–H and O–H groups in total. The van der Waals surface area contributed by atoms with E-state index >= 15 is 0 Å². The molecule has 1 aromatic carbocycles. The van der Waals surface area contributed by atoms with Crippen molar-refractivity contribution in [2.75, 3.05) is 30.4 Å². The number of methoxy groups -OCH3 is 1. The first kappa shape index (κ1) is 17.5. The molecule has 5 rings (SSSR count). The van der Waals surface area contributed by atoms with Crippen LogP contribution in [0.2, 0.25) is 5.02 Å². The number of aryl methyl sites for hydroxylation is 1. The number of pyridine rings is 1. The van der Waals surface area contributed by atoms with E-state index in [-0.39, 0.29) is 28.8 Å². The summed E-state index contributed by atoms with van der Waals surface area (Å²) in [6.07, 6.45) is 3.82. The van der Waals surface area contributed by atoms with E-state index in [1.54, 1.807) is 13.3 Å². The van der Waals surface area contributed by atoms with Gasteiger partial charge in [-0.1, -0.05) is 11.6 Å². The van der Waals surface area contributed by atoms with Gasteiger partial charge >= 0.3 is 6.01 Å². The van der Waals surface area contributed by atoms with Crippen molar-refractivity contribution >= 4 is 23.2 Å². The maximum absolute atomic E-state index is 13.5. The molecule has 32 heavy (non-hydrogen) atoms. The third kappa shape index (κ3) is 4.04. The SMILES string of the molecule is [2H]C([2H])([2H])n1nc(N[C@H]2[C@@H]3CC[C@H]2CN(c2ccnc(OC)c2)C3)nc1Oc1ccc(F)c(Cl)c1. The van der Waals surface area contributed by atoms with E-state index in [0.29, 0.717) is 17.7 Å². The summed E-state index contributed by atoms with van der Waals surface area (Å²) in [6, 6.07) is 7.50. The molecule has 1 aliphatic heterocycles. The molecule has 0 radical (unpaired) electrons. The molecule has 3 aromatic rings. The molecule has 3 heterocycles. The molecule has 8 nitrogen and oxygen atoms in total. The zero-order chi connectivity index (χ0) is 24.7. The van der Waals surface area contributed by atoms with Crippen LogP contribution in [-0.4, -0.2) is 46.0 Å². The van der Waals surface area contributed by atoms with Crippen molar-refractivity contribution in [2.24, 2.45) is 18.8 Å². The molecule has 3 atom stereocenters. The topological polar surface area (TPSA) is 77.3 Å². The van der Waals surface area contributed by atoms with Gasteiger partial charge in [-0.25, -0.2) is 14.1 Å². The standard InChI is InChI=1S/C22H24ClFN6O2/c1-29-22(32-16-5-6-18(24)17(23)10-16)27-21(28-29)26-20-13-3-4-14(20)12-30(11-13)15-7-8-25-19(9-15)31-2/h5-10,13-14,20H,3-4,11-12H2,1-2H3,(H,26,28)/t13-,14+,20+/i1D3. The van der Waals surface area contributed by atoms with Gasteiger partial charge in [0, 0.05) is 54.2 Å². The predicted octanol–water partition coefficient (Wildman–Crippen LogP) is 4.13. The van der Waals surface area contributed by atoms with E-state index in [0.717, 1.165) is 42.4 Å². The Kier molecular flexibility index (Phi) is 4.62. The molecule has 0 unspecified atom stereocenters. The molecule has 2 fully saturated rings. The number of ether oxygens (including phenoxy) is 2. The van der Waals surface area contributed by atoms with Crippen molar-refractivity contribution in [3.63, 3.8) is 0 Å². The van der Waals surface area contributed by atoms with E-state index in [1.807, 2.05) is 12.1 Å². The second-order valence-electron chi connectivity index (χ2n) is 8.04. The molecule has 1 saturated carbocycles. The first-order valence-corrected chi connectivity index (χ1v) is 10.7. The third-order valence-electron chi connectivity index (χ3n) is 6.10. The first-order valence-electron chi connectivity index (χ1n) is 11.8. The van der Waals surface area contributed by atoms with Crippen LogP contribution in [0, 0.1) is 17.7 Å². The van der Waals surface area contributed by atoms with Gasteiger partial charge in [-0.3, -0.25) is 0 Å². The van der Waals surface area contributed by atoms with Crippen LogP contribution in [-0.2, 0) is 6.98 Å². The van der Waals surface area contributed by atoms with E-state index < -0.39 is 12.8 Å². The lowest BCUT2D eigenvalue weighted by molar-refractivity contribution is 0.374. The summed E-state index contributed by atoms with van der Waals surface area (Å²) in [4.78, 5) is 10.8. The first-order chi connectivity index (χ1) is 16.7. The predicted molar refractivity (Wildman–Crippen MR) is 119 cm³/mol. The van der Waals surface area contributed by atoms with Gasteiger partial charge in [0.1, 0.15) is 11.6 Å². The summed E-state index contributed by atoms with van der Waals surface area (Å²) in [5, 5.41) is 7.38. The fourth-order valence-electron chi connectivity index (χ4n) is 4.60. The maximum Gasteiger partial charge on any atom is 0.321 e. The average molecular weight is 462 g/mol. The molecular formula is C22H24ClFN6O2. The largest absolute Gasteiger partial charge is 0.481 e. The average Bonchev–Trinajstić information content (AvgIpc) is 3.32. The Bertz CT molecular complexity index is 1210. The van der Waals surface area contributed by atoms with Crippen molar-refractivity contribution < 1.29 is 18.0 Å². The number of piperidine rings is 1. The molecule has 0 spiro atoms. The van der Waals surface area contributed by atoms with Crippen LogP contribution in [0.4, 0.5) is 16.0 Å². The van der Waals surface area contributed by atoms with Gasteiger partial charge in [-0.2, -0.15) is 4.98 Å². The Morgan fingerprint density at radius 1 is 1.22 bits per heavy atom. The molecule has 2 aliphatic rings. The van der Waals surface area contributed by atoms with Gasteiger partial charge in [0.15, 0.2) is 0 Å². The molecule has 2 aromatic heterocycles. The quantitative estimate of drug-likeness (QED) is 0.591. The molecule has 1 aliphatic carbocycles. The minimum absolute atomic E-state index is 0.0931. The van der Waals surface area contributed by atoms with E-state index in [9.17, 15) is 4.39 Å². The number of rotatable bonds is 6. The van der Waals surface area contributed by atoms with Gasteiger partial charge in [-0.05, 0) is 42.9 Å². The lowest BCUT2D eigenvalue weighted by Gasteiger charge is -2.39. The summed E-state index contributed by atoms with van der Waals surface area (Å²) in [5.74, 6) is 0.947. The Balaban J connectivity index is 1.34. The molecule has 168 valence electrons. The molecule has 1 saturated heterocycles. The number of hydrogen-bond donors (Lipinski definition) is 1. The summed E-state index contributed by atoms with van der Waals surface area (Å²) in [5.41, 5.74) is 1.06. The molecule has 0 amide bonds. The van der Waals surface area contributed by atoms with Gasteiger partial charge in [0.05, 0.1) is 12.1 Å². The molecule has 2 bridgehead atoms. The second-order valence-corrected chi connectivity index (χ2v) is 8.44. The number of fused-ring (bicyclic) bond motifs is 2. The smallest absolute Gasteiger partial charge is 0.321 e. The number of nitrogens with zero attached hydrogens (tertiary/aromatic N) is 5. The zero-order valence-corrected chi connectivity index (χ0v) is 18.1. The monoisotopic (exact) mass is 461 g/mol. The van der Waals surface area contributed by atoms with Crippen molar-refractivity contribution in [2.45, 2.75) is 18.9 Å². The summed E-state index contributed by atoms with van der Waals surface area (Å²) in [6.45, 7) is -0.952. The number of hydrogen-bond acceptors (Lipinski definition) is 7. The Morgan fingerprint density at radius 2 is 2.03 bits per heavy atom. The summed E-state index contributed by atoms with van der Waals surface area (Å²) in [7, 11) is 1.60. The highest BCUT2D eigenvalue weighted by Gasteiger charge is 2.42. The lowest BCUT2D eigenvalue weighted by Crippen LogP contribution is -2.48. The van der Waals surface area contributed by atoms with Gasteiger partial charge in [-0.15, -0.1) is 5.10 Å². The van der Waals surface area contributed by atoms with Crippen molar-refractivity contribution in [3.05, 3.63) is 47.4 Å². The normalized spacial score (nSPS) is 23.9. The number of anilines is 2. The number of nitrogens with one attached hydrogen (secondary N) is 1. The van der Waals surface area contributed by atoms with Crippen molar-refractivity contribution in [1.82, 2.24) is 19.7 Å². The van der Waals surface area contributed by atoms with Crippen LogP contribution < -0.4 is 19.7 Å². The van der Waals surface area contributed by atoms with Crippen LogP contribution in [0.25, 0.3) is 0 Å². The maximum atomic E-state index is 13.5. The lowest BCUT2D eigenvalue weighted by atomic mass is 9.92. The Hall–Kier alpha value is -3.07. The highest BCUT2D eigenvalue weighted by molar-refractivity contribution is 6.30. The van der Waals surface area contributed by atoms with Gasteiger partial charge < -0.3 is 19.7 Å². The highest BCUT2D eigenvalue weighted by atomic mass is 35.5. The fraction of sp³-hybridized carbons (Fsp3) is 0.409. The van der Waals surface area contributed by atoms with Crippen LogP contribution in [0.15, 0.2) is 36.5 Å². The minimum atomic E-state index is -2.62. The van der Waals surface area contributed by atoms with Crippen LogP contribution in [0.1, 0.15) is 17.0 Å². The Morgan fingerprint density at radius 3 is 2.75 bits per heavy atom. The van der Waals surface area contributed by atoms with Crippen molar-refractivity contribution in [3.8, 4) is 17.6 Å². The van der Waals surface area contributed by atoms with Crippen LogP contribution in [0.5, 0.6) is 17.6 Å². The van der Waals surface area contributed by atoms with Gasteiger partial charge in [0.25, 0.3) is 0 Å². The van der Waals surface area contributed by atoms with Crippen molar-refractivity contribution in [1.29, 1.82) is 0 Å². The second kappa shape index (κ2) is 8.46. The number of aromatic nitrogens is 4. The number of benzene rings is 1. The van der Waals surface area contributed by atoms with Gasteiger partial charge in [0.2, 0.25) is 11.8 Å². The molecular weight excluding hydrogens is 435 g/mol. The fourth-order valence-corrected chi connectivity index (χ4v) is 4.77. The third-order valence-corrected chi connectivity index (χ3v) is 6.39. The zero-order valence-electron chi connectivity index (χ0n) is 20.3.